The molecule has 0 aliphatic heterocycles. The van der Waals surface area contributed by atoms with Crippen molar-refractivity contribution in [3.8, 4) is 0 Å². The molecule has 0 amide bonds. The number of carbonyl (C=O) groups is 1. The van der Waals surface area contributed by atoms with Crippen LogP contribution in [0.2, 0.25) is 0 Å². The summed E-state index contributed by atoms with van der Waals surface area (Å²) in [6.45, 7) is 0. The summed E-state index contributed by atoms with van der Waals surface area (Å²) in [6, 6.07) is 0. The summed E-state index contributed by atoms with van der Waals surface area (Å²) in [5, 5.41) is 0. The lowest BCUT2D eigenvalue weighted by Gasteiger charge is -2.11. The van der Waals surface area contributed by atoms with Gasteiger partial charge in [-0.15, -0.1) is 0 Å². The van der Waals surface area contributed by atoms with Gasteiger partial charge in [0.15, 0.2) is 0 Å². The minimum Gasteiger partial charge on any atom is -0.303 e. The summed E-state index contributed by atoms with van der Waals surface area (Å²) in [5.74, 6) is -1.99. The van der Waals surface area contributed by atoms with Crippen molar-refractivity contribution in [2.24, 2.45) is 5.92 Å². The van der Waals surface area contributed by atoms with Crippen LogP contribution in [0.5, 0.6) is 0 Å². The Labute approximate surface area is 61.0 Å². The van der Waals surface area contributed by atoms with Crippen molar-refractivity contribution in [1.29, 1.82) is 0 Å². The third-order valence-electron chi connectivity index (χ3n) is 0.931. The summed E-state index contributed by atoms with van der Waals surface area (Å²) >= 11 is 1.01. The topological polar surface area (TPSA) is 17.1 Å². The summed E-state index contributed by atoms with van der Waals surface area (Å²) in [7, 11) is 0. The molecule has 0 aromatic rings. The number of aldehydes is 1. The van der Waals surface area contributed by atoms with Gasteiger partial charge in [-0.05, 0) is 6.26 Å². The van der Waals surface area contributed by atoms with Gasteiger partial charge in [0, 0.05) is 5.75 Å². The van der Waals surface area contributed by atoms with Crippen LogP contribution in [0.1, 0.15) is 0 Å². The average molecular weight is 172 g/mol. The van der Waals surface area contributed by atoms with E-state index in [2.05, 4.69) is 0 Å². The standard InChI is InChI=1S/C5H7F3OS/c1-10-3-4(2-9)5(6,7)8/h2,4H,3H2,1H3. The molecule has 10 heavy (non-hydrogen) atoms. The van der Waals surface area contributed by atoms with Gasteiger partial charge in [-0.1, -0.05) is 0 Å². The van der Waals surface area contributed by atoms with Gasteiger partial charge in [-0.3, -0.25) is 0 Å². The zero-order valence-electron chi connectivity index (χ0n) is 5.31. The van der Waals surface area contributed by atoms with Crippen LogP contribution in [0.15, 0.2) is 0 Å². The first-order valence-electron chi connectivity index (χ1n) is 2.53. The lowest BCUT2D eigenvalue weighted by atomic mass is 10.2. The third kappa shape index (κ3) is 3.10. The first-order chi connectivity index (χ1) is 4.52. The van der Waals surface area contributed by atoms with Crippen LogP contribution in [0.4, 0.5) is 13.2 Å². The molecule has 0 saturated heterocycles. The number of halogens is 3. The molecule has 1 nitrogen and oxygen atoms in total. The molecule has 0 aromatic heterocycles. The van der Waals surface area contributed by atoms with E-state index in [0.717, 1.165) is 11.8 Å². The van der Waals surface area contributed by atoms with Crippen molar-refractivity contribution in [3.05, 3.63) is 0 Å². The average Bonchev–Trinajstić information content (AvgIpc) is 1.80. The Hall–Kier alpha value is -0.190. The van der Waals surface area contributed by atoms with Crippen molar-refractivity contribution >= 4 is 18.0 Å². The second-order valence-electron chi connectivity index (χ2n) is 1.74. The Kier molecular flexibility index (Phi) is 3.78. The maximum atomic E-state index is 11.7. The number of carbonyl (C=O) groups excluding carboxylic acids is 1. The molecule has 0 spiro atoms. The fourth-order valence-corrected chi connectivity index (χ4v) is 1.02. The molecule has 1 unspecified atom stereocenters. The van der Waals surface area contributed by atoms with E-state index in [0.29, 0.717) is 0 Å². The Morgan fingerprint density at radius 3 is 2.20 bits per heavy atom. The van der Waals surface area contributed by atoms with Crippen LogP contribution in [0, 0.1) is 5.92 Å². The zero-order chi connectivity index (χ0) is 8.20. The second-order valence-corrected chi connectivity index (χ2v) is 2.65. The monoisotopic (exact) mass is 172 g/mol. The summed E-state index contributed by atoms with van der Waals surface area (Å²) in [5.41, 5.74) is 0. The maximum absolute atomic E-state index is 11.7. The summed E-state index contributed by atoms with van der Waals surface area (Å²) < 4.78 is 35.0. The van der Waals surface area contributed by atoms with Gasteiger partial charge in [0.1, 0.15) is 12.2 Å². The number of hydrogen-bond donors (Lipinski definition) is 0. The second kappa shape index (κ2) is 3.85. The van der Waals surface area contributed by atoms with Crippen LogP contribution in [-0.4, -0.2) is 24.5 Å². The van der Waals surface area contributed by atoms with Gasteiger partial charge in [0.25, 0.3) is 0 Å². The molecule has 0 fully saturated rings. The fraction of sp³-hybridized carbons (Fsp3) is 0.800. The van der Waals surface area contributed by atoms with Crippen molar-refractivity contribution in [1.82, 2.24) is 0 Å². The van der Waals surface area contributed by atoms with Crippen molar-refractivity contribution in [2.45, 2.75) is 6.18 Å². The predicted molar refractivity (Wildman–Crippen MR) is 34.0 cm³/mol. The van der Waals surface area contributed by atoms with E-state index in [1.165, 1.54) is 6.26 Å². The van der Waals surface area contributed by atoms with Gasteiger partial charge in [0.2, 0.25) is 0 Å². The quantitative estimate of drug-likeness (QED) is 0.603. The Balaban J connectivity index is 3.93. The largest absolute Gasteiger partial charge is 0.399 e. The van der Waals surface area contributed by atoms with E-state index in [1.54, 1.807) is 0 Å². The van der Waals surface area contributed by atoms with Gasteiger partial charge < -0.3 is 4.79 Å². The van der Waals surface area contributed by atoms with E-state index in [9.17, 15) is 18.0 Å². The van der Waals surface area contributed by atoms with E-state index in [1.807, 2.05) is 0 Å². The maximum Gasteiger partial charge on any atom is 0.399 e. The van der Waals surface area contributed by atoms with Crippen LogP contribution in [0.3, 0.4) is 0 Å². The van der Waals surface area contributed by atoms with Gasteiger partial charge in [0.05, 0.1) is 0 Å². The SMILES string of the molecule is CSCC(C=O)C(F)(F)F. The molecule has 60 valence electrons. The van der Waals surface area contributed by atoms with Gasteiger partial charge in [-0.25, -0.2) is 0 Å². The lowest BCUT2D eigenvalue weighted by Crippen LogP contribution is -2.26. The van der Waals surface area contributed by atoms with Crippen LogP contribution in [-0.2, 0) is 4.79 Å². The van der Waals surface area contributed by atoms with Crippen molar-refractivity contribution < 1.29 is 18.0 Å². The Morgan fingerprint density at radius 2 is 2.10 bits per heavy atom. The van der Waals surface area contributed by atoms with Crippen molar-refractivity contribution in [3.63, 3.8) is 0 Å². The molecule has 0 N–H and O–H groups in total. The molecule has 0 rings (SSSR count). The minimum absolute atomic E-state index is 0.0590. The molecular weight excluding hydrogens is 165 g/mol. The molecule has 0 aliphatic rings. The van der Waals surface area contributed by atoms with Crippen LogP contribution < -0.4 is 0 Å². The molecule has 0 radical (unpaired) electrons. The predicted octanol–water partition coefficient (Wildman–Crippen LogP) is 1.73. The summed E-state index contributed by atoms with van der Waals surface area (Å²) in [4.78, 5) is 9.81. The van der Waals surface area contributed by atoms with E-state index in [4.69, 9.17) is 0 Å². The lowest BCUT2D eigenvalue weighted by molar-refractivity contribution is -0.169. The smallest absolute Gasteiger partial charge is 0.303 e. The Morgan fingerprint density at radius 1 is 1.60 bits per heavy atom. The first kappa shape index (κ1) is 9.81. The van der Waals surface area contributed by atoms with Crippen LogP contribution >= 0.6 is 11.8 Å². The third-order valence-corrected chi connectivity index (χ3v) is 1.62. The van der Waals surface area contributed by atoms with E-state index < -0.39 is 12.1 Å². The zero-order valence-corrected chi connectivity index (χ0v) is 6.13. The molecule has 0 bridgehead atoms. The van der Waals surface area contributed by atoms with E-state index >= 15 is 0 Å². The number of thioether (sulfide) groups is 1. The van der Waals surface area contributed by atoms with Crippen molar-refractivity contribution in [2.75, 3.05) is 12.0 Å². The number of hydrogen-bond acceptors (Lipinski definition) is 2. The fourth-order valence-electron chi connectivity index (χ4n) is 0.390. The highest BCUT2D eigenvalue weighted by molar-refractivity contribution is 7.98. The van der Waals surface area contributed by atoms with E-state index in [-0.39, 0.29) is 12.0 Å². The minimum atomic E-state index is -4.37. The molecule has 0 heterocycles. The molecular formula is C5H7F3OS. The Bertz CT molecular complexity index is 112. The molecule has 0 aliphatic carbocycles. The number of rotatable bonds is 3. The highest BCUT2D eigenvalue weighted by Gasteiger charge is 2.38. The summed E-state index contributed by atoms with van der Waals surface area (Å²) in [6.07, 6.45) is -2.90. The normalized spacial score (nSPS) is 14.8. The molecule has 0 aromatic carbocycles. The molecule has 0 saturated carbocycles. The highest BCUT2D eigenvalue weighted by atomic mass is 32.2. The van der Waals surface area contributed by atoms with Crippen LogP contribution in [0.25, 0.3) is 0 Å². The molecule has 5 heteroatoms. The first-order valence-corrected chi connectivity index (χ1v) is 3.92. The molecule has 1 atom stereocenters. The number of alkyl halides is 3. The van der Waals surface area contributed by atoms with Gasteiger partial charge >= 0.3 is 6.18 Å². The highest BCUT2D eigenvalue weighted by Crippen LogP contribution is 2.26. The van der Waals surface area contributed by atoms with Gasteiger partial charge in [-0.2, -0.15) is 24.9 Å².